The highest BCUT2D eigenvalue weighted by Crippen LogP contribution is 2.12. The van der Waals surface area contributed by atoms with E-state index in [9.17, 15) is 9.59 Å². The van der Waals surface area contributed by atoms with Crippen LogP contribution in [0.4, 0.5) is 0 Å². The van der Waals surface area contributed by atoms with Crippen molar-refractivity contribution < 1.29 is 14.7 Å². The Kier molecular flexibility index (Phi) is 14.1. The van der Waals surface area contributed by atoms with E-state index in [1.165, 1.54) is 71.1 Å². The highest BCUT2D eigenvalue weighted by atomic mass is 16.4. The zero-order chi connectivity index (χ0) is 16.6. The fourth-order valence-electron chi connectivity index (χ4n) is 2.50. The van der Waals surface area contributed by atoms with Gasteiger partial charge in [0.1, 0.15) is 6.04 Å². The molecule has 0 aromatic rings. The fourth-order valence-corrected chi connectivity index (χ4v) is 2.50. The molecule has 0 aliphatic carbocycles. The van der Waals surface area contributed by atoms with E-state index in [4.69, 9.17) is 5.11 Å². The van der Waals surface area contributed by atoms with Crippen LogP contribution in [0.5, 0.6) is 0 Å². The van der Waals surface area contributed by atoms with Crippen LogP contribution in [0.25, 0.3) is 0 Å². The average Bonchev–Trinajstić information content (AvgIpc) is 2.48. The summed E-state index contributed by atoms with van der Waals surface area (Å²) in [5.74, 6) is -1.13. The number of carbonyl (C=O) groups excluding carboxylic acids is 1. The van der Waals surface area contributed by atoms with Crippen LogP contribution in [0.15, 0.2) is 0 Å². The summed E-state index contributed by atoms with van der Waals surface area (Å²) in [5, 5.41) is 11.2. The van der Waals surface area contributed by atoms with Crippen molar-refractivity contribution in [2.45, 2.75) is 103 Å². The molecule has 2 N–H and O–H groups in total. The number of carbonyl (C=O) groups is 2. The second-order valence-corrected chi connectivity index (χ2v) is 6.27. The van der Waals surface area contributed by atoms with Gasteiger partial charge >= 0.3 is 5.97 Å². The molecule has 1 unspecified atom stereocenters. The van der Waals surface area contributed by atoms with E-state index in [1.54, 1.807) is 0 Å². The number of carboxylic acids is 1. The van der Waals surface area contributed by atoms with Crippen molar-refractivity contribution in [1.29, 1.82) is 0 Å². The first-order chi connectivity index (χ1) is 10.6. The van der Waals surface area contributed by atoms with Crippen LogP contribution in [0.2, 0.25) is 0 Å². The third-order valence-corrected chi connectivity index (χ3v) is 4.01. The first-order valence-electron chi connectivity index (χ1n) is 9.10. The Morgan fingerprint density at radius 3 is 1.64 bits per heavy atom. The lowest BCUT2D eigenvalue weighted by atomic mass is 10.0. The molecule has 22 heavy (non-hydrogen) atoms. The van der Waals surface area contributed by atoms with E-state index in [0.29, 0.717) is 6.42 Å². The van der Waals surface area contributed by atoms with Crippen molar-refractivity contribution in [3.05, 3.63) is 0 Å². The van der Waals surface area contributed by atoms with Gasteiger partial charge in [-0.25, -0.2) is 0 Å². The van der Waals surface area contributed by atoms with Crippen LogP contribution in [0, 0.1) is 0 Å². The van der Waals surface area contributed by atoms with E-state index < -0.39 is 12.0 Å². The molecule has 0 aliphatic rings. The molecule has 0 saturated carbocycles. The summed E-state index contributed by atoms with van der Waals surface area (Å²) in [4.78, 5) is 22.1. The van der Waals surface area contributed by atoms with E-state index in [1.807, 2.05) is 0 Å². The van der Waals surface area contributed by atoms with E-state index in [2.05, 4.69) is 12.2 Å². The number of hydrogen-bond acceptors (Lipinski definition) is 2. The lowest BCUT2D eigenvalue weighted by Crippen LogP contribution is -2.38. The van der Waals surface area contributed by atoms with Crippen LogP contribution >= 0.6 is 0 Å². The summed E-state index contributed by atoms with van der Waals surface area (Å²) in [5.41, 5.74) is 0. The number of rotatable bonds is 15. The topological polar surface area (TPSA) is 66.4 Å². The summed E-state index contributed by atoms with van der Waals surface area (Å²) in [6, 6.07) is -0.787. The molecular formula is C18H35NO3. The standard InChI is InChI=1S/C18H35NO3/c1-3-4-5-6-7-8-9-10-11-12-13-14-15-17(20)19-16(2)18(21)22/h16H,3-15H2,1-2H3,(H,19,20)(H,21,22). The van der Waals surface area contributed by atoms with Gasteiger partial charge in [-0.1, -0.05) is 77.6 Å². The number of hydrogen-bond donors (Lipinski definition) is 2. The molecule has 0 aliphatic heterocycles. The van der Waals surface area contributed by atoms with Gasteiger partial charge in [-0.05, 0) is 13.3 Å². The summed E-state index contributed by atoms with van der Waals surface area (Å²) in [6.07, 6.45) is 15.6. The molecular weight excluding hydrogens is 278 g/mol. The van der Waals surface area contributed by atoms with Crippen molar-refractivity contribution in [2.75, 3.05) is 0 Å². The first-order valence-corrected chi connectivity index (χ1v) is 9.10. The summed E-state index contributed by atoms with van der Waals surface area (Å²) in [7, 11) is 0. The van der Waals surface area contributed by atoms with Crippen LogP contribution < -0.4 is 5.32 Å². The molecule has 0 radical (unpaired) electrons. The van der Waals surface area contributed by atoms with E-state index >= 15 is 0 Å². The molecule has 0 saturated heterocycles. The molecule has 0 heterocycles. The van der Waals surface area contributed by atoms with Crippen LogP contribution in [-0.2, 0) is 9.59 Å². The van der Waals surface area contributed by atoms with Crippen molar-refractivity contribution in [3.8, 4) is 0 Å². The molecule has 0 bridgehead atoms. The molecule has 1 atom stereocenters. The third-order valence-electron chi connectivity index (χ3n) is 4.01. The van der Waals surface area contributed by atoms with Gasteiger partial charge in [0, 0.05) is 6.42 Å². The van der Waals surface area contributed by atoms with Gasteiger partial charge in [-0.15, -0.1) is 0 Å². The van der Waals surface area contributed by atoms with E-state index in [-0.39, 0.29) is 5.91 Å². The van der Waals surface area contributed by atoms with Crippen LogP contribution in [0.3, 0.4) is 0 Å². The second-order valence-electron chi connectivity index (χ2n) is 6.27. The molecule has 0 spiro atoms. The van der Waals surface area contributed by atoms with Gasteiger partial charge in [-0.3, -0.25) is 9.59 Å². The molecule has 4 nitrogen and oxygen atoms in total. The quantitative estimate of drug-likeness (QED) is 0.432. The minimum atomic E-state index is -0.983. The molecule has 0 aromatic heterocycles. The Morgan fingerprint density at radius 1 is 0.818 bits per heavy atom. The van der Waals surface area contributed by atoms with Crippen LogP contribution in [-0.4, -0.2) is 23.0 Å². The van der Waals surface area contributed by atoms with Gasteiger partial charge in [0.2, 0.25) is 5.91 Å². The zero-order valence-corrected chi connectivity index (χ0v) is 14.5. The van der Waals surface area contributed by atoms with Crippen molar-refractivity contribution in [2.24, 2.45) is 0 Å². The Balaban J connectivity index is 3.23. The lowest BCUT2D eigenvalue weighted by molar-refractivity contribution is -0.141. The third kappa shape index (κ3) is 13.9. The van der Waals surface area contributed by atoms with Gasteiger partial charge in [0.05, 0.1) is 0 Å². The van der Waals surface area contributed by atoms with Gasteiger partial charge in [-0.2, -0.15) is 0 Å². The molecule has 0 rings (SSSR count). The number of unbranched alkanes of at least 4 members (excludes halogenated alkanes) is 11. The van der Waals surface area contributed by atoms with Gasteiger partial charge in [0.15, 0.2) is 0 Å². The lowest BCUT2D eigenvalue weighted by Gasteiger charge is -2.08. The maximum absolute atomic E-state index is 11.5. The maximum Gasteiger partial charge on any atom is 0.325 e. The number of nitrogens with one attached hydrogen (secondary N) is 1. The molecule has 0 fully saturated rings. The van der Waals surface area contributed by atoms with Gasteiger partial charge in [0.25, 0.3) is 0 Å². The zero-order valence-electron chi connectivity index (χ0n) is 14.5. The largest absolute Gasteiger partial charge is 0.480 e. The predicted octanol–water partition coefficient (Wildman–Crippen LogP) is 4.67. The normalized spacial score (nSPS) is 12.1. The number of aliphatic carboxylic acids is 1. The maximum atomic E-state index is 11.5. The molecule has 130 valence electrons. The SMILES string of the molecule is CCCCCCCCCCCCCCC(=O)NC(C)C(=O)O. The summed E-state index contributed by atoms with van der Waals surface area (Å²) in [6.45, 7) is 3.73. The number of amides is 1. The first kappa shape index (κ1) is 20.9. The van der Waals surface area contributed by atoms with Crippen LogP contribution in [0.1, 0.15) is 97.3 Å². The van der Waals surface area contributed by atoms with Gasteiger partial charge < -0.3 is 10.4 Å². The van der Waals surface area contributed by atoms with Crippen molar-refractivity contribution in [1.82, 2.24) is 5.32 Å². The highest BCUT2D eigenvalue weighted by molar-refractivity contribution is 5.83. The summed E-state index contributed by atoms with van der Waals surface area (Å²) < 4.78 is 0. The summed E-state index contributed by atoms with van der Waals surface area (Å²) >= 11 is 0. The smallest absolute Gasteiger partial charge is 0.325 e. The monoisotopic (exact) mass is 313 g/mol. The predicted molar refractivity (Wildman–Crippen MR) is 90.9 cm³/mol. The minimum Gasteiger partial charge on any atom is -0.480 e. The van der Waals surface area contributed by atoms with Crippen molar-refractivity contribution >= 4 is 11.9 Å². The Hall–Kier alpha value is -1.06. The second kappa shape index (κ2) is 14.9. The Morgan fingerprint density at radius 2 is 1.23 bits per heavy atom. The molecule has 0 aromatic carbocycles. The number of carboxylic acid groups (broad SMARTS) is 1. The highest BCUT2D eigenvalue weighted by Gasteiger charge is 2.12. The van der Waals surface area contributed by atoms with Crippen molar-refractivity contribution in [3.63, 3.8) is 0 Å². The molecule has 4 heteroatoms. The fraction of sp³-hybridized carbons (Fsp3) is 0.889. The average molecular weight is 313 g/mol. The minimum absolute atomic E-state index is 0.151. The van der Waals surface area contributed by atoms with E-state index in [0.717, 1.165) is 12.8 Å². The Labute approximate surface area is 136 Å². The Bertz CT molecular complexity index is 292. The molecule has 1 amide bonds.